The molecular formula is C13H18N2O4. The van der Waals surface area contributed by atoms with Crippen LogP contribution in [0.4, 0.5) is 11.4 Å². The van der Waals surface area contributed by atoms with E-state index in [1.54, 1.807) is 13.0 Å². The van der Waals surface area contributed by atoms with Crippen LogP contribution >= 0.6 is 0 Å². The van der Waals surface area contributed by atoms with Gasteiger partial charge in [-0.25, -0.2) is 0 Å². The van der Waals surface area contributed by atoms with Crippen molar-refractivity contribution < 1.29 is 14.8 Å². The van der Waals surface area contributed by atoms with Crippen molar-refractivity contribution in [2.45, 2.75) is 13.8 Å². The van der Waals surface area contributed by atoms with Crippen molar-refractivity contribution in [3.05, 3.63) is 33.4 Å². The second-order valence-corrected chi connectivity index (χ2v) is 5.16. The second-order valence-electron chi connectivity index (χ2n) is 5.16. The summed E-state index contributed by atoms with van der Waals surface area (Å²) in [4.78, 5) is 10.5. The van der Waals surface area contributed by atoms with Gasteiger partial charge in [-0.2, -0.15) is 0 Å². The molecule has 2 N–H and O–H groups in total. The number of aryl methyl sites for hydroxylation is 1. The van der Waals surface area contributed by atoms with Crippen LogP contribution in [0.25, 0.3) is 0 Å². The van der Waals surface area contributed by atoms with Crippen LogP contribution in [-0.4, -0.2) is 36.4 Å². The number of hydrogen-bond donors (Lipinski definition) is 2. The molecule has 1 saturated heterocycles. The first-order valence-electron chi connectivity index (χ1n) is 6.16. The Labute approximate surface area is 111 Å². The predicted octanol–water partition coefficient (Wildman–Crippen LogP) is 1.63. The smallest absolute Gasteiger partial charge is 0.274 e. The van der Waals surface area contributed by atoms with E-state index >= 15 is 0 Å². The standard InChI is InChI=1S/C13H18N2O4/c1-9-3-4-11(15(17)18)10(2)12(9)14-5-13(6-16)7-19-8-13/h3-4,14,16H,5-8H2,1-2H3. The molecule has 19 heavy (non-hydrogen) atoms. The molecular weight excluding hydrogens is 248 g/mol. The minimum absolute atomic E-state index is 0.0486. The van der Waals surface area contributed by atoms with Crippen molar-refractivity contribution in [3.8, 4) is 0 Å². The van der Waals surface area contributed by atoms with Gasteiger partial charge in [0.25, 0.3) is 5.69 Å². The van der Waals surface area contributed by atoms with Crippen molar-refractivity contribution in [1.29, 1.82) is 0 Å². The lowest BCUT2D eigenvalue weighted by molar-refractivity contribution is -0.385. The minimum atomic E-state index is -0.381. The zero-order chi connectivity index (χ0) is 14.0. The molecule has 1 fully saturated rings. The third-order valence-corrected chi connectivity index (χ3v) is 3.63. The number of rotatable bonds is 5. The van der Waals surface area contributed by atoms with E-state index in [0.717, 1.165) is 11.3 Å². The third-order valence-electron chi connectivity index (χ3n) is 3.63. The van der Waals surface area contributed by atoms with Gasteiger partial charge in [-0.1, -0.05) is 6.07 Å². The number of nitrogens with one attached hydrogen (secondary N) is 1. The summed E-state index contributed by atoms with van der Waals surface area (Å²) in [7, 11) is 0. The molecule has 6 nitrogen and oxygen atoms in total. The Morgan fingerprint density at radius 3 is 2.63 bits per heavy atom. The van der Waals surface area contributed by atoms with Crippen molar-refractivity contribution >= 4 is 11.4 Å². The van der Waals surface area contributed by atoms with E-state index in [9.17, 15) is 15.2 Å². The van der Waals surface area contributed by atoms with Gasteiger partial charge in [0, 0.05) is 18.3 Å². The minimum Gasteiger partial charge on any atom is -0.396 e. The predicted molar refractivity (Wildman–Crippen MR) is 71.4 cm³/mol. The van der Waals surface area contributed by atoms with Gasteiger partial charge < -0.3 is 15.2 Å². The van der Waals surface area contributed by atoms with Crippen LogP contribution < -0.4 is 5.32 Å². The van der Waals surface area contributed by atoms with E-state index in [-0.39, 0.29) is 22.6 Å². The molecule has 104 valence electrons. The number of nitro benzene ring substituents is 1. The fourth-order valence-electron chi connectivity index (χ4n) is 2.22. The van der Waals surface area contributed by atoms with E-state index in [1.807, 2.05) is 6.92 Å². The SMILES string of the molecule is Cc1ccc([N+](=O)[O-])c(C)c1NCC1(CO)COC1. The van der Waals surface area contributed by atoms with Gasteiger partial charge in [-0.05, 0) is 19.4 Å². The summed E-state index contributed by atoms with van der Waals surface area (Å²) >= 11 is 0. The summed E-state index contributed by atoms with van der Waals surface area (Å²) in [5, 5.41) is 23.5. The lowest BCUT2D eigenvalue weighted by atomic mass is 9.87. The number of hydrogen-bond acceptors (Lipinski definition) is 5. The van der Waals surface area contributed by atoms with E-state index < -0.39 is 0 Å². The molecule has 0 aromatic heterocycles. The normalized spacial score (nSPS) is 16.8. The molecule has 0 radical (unpaired) electrons. The molecule has 2 rings (SSSR count). The highest BCUT2D eigenvalue weighted by atomic mass is 16.6. The number of ether oxygens (including phenoxy) is 1. The van der Waals surface area contributed by atoms with Crippen LogP contribution in [0, 0.1) is 29.4 Å². The Balaban J connectivity index is 2.20. The quantitative estimate of drug-likeness (QED) is 0.625. The first kappa shape index (κ1) is 13.8. The van der Waals surface area contributed by atoms with Gasteiger partial charge in [0.2, 0.25) is 0 Å². The highest BCUT2D eigenvalue weighted by molar-refractivity contribution is 5.64. The maximum atomic E-state index is 10.9. The molecule has 1 heterocycles. The molecule has 0 amide bonds. The topological polar surface area (TPSA) is 84.6 Å². The molecule has 0 saturated carbocycles. The monoisotopic (exact) mass is 266 g/mol. The fraction of sp³-hybridized carbons (Fsp3) is 0.538. The molecule has 0 spiro atoms. The van der Waals surface area contributed by atoms with E-state index in [4.69, 9.17) is 4.74 Å². The van der Waals surface area contributed by atoms with Gasteiger partial charge in [0.15, 0.2) is 0 Å². The average molecular weight is 266 g/mol. The Morgan fingerprint density at radius 1 is 1.47 bits per heavy atom. The summed E-state index contributed by atoms with van der Waals surface area (Å²) in [5.41, 5.74) is 2.20. The van der Waals surface area contributed by atoms with Gasteiger partial charge in [0.05, 0.1) is 35.7 Å². The van der Waals surface area contributed by atoms with Crippen molar-refractivity contribution in [2.24, 2.45) is 5.41 Å². The van der Waals surface area contributed by atoms with Crippen LogP contribution in [0.5, 0.6) is 0 Å². The van der Waals surface area contributed by atoms with E-state index in [2.05, 4.69) is 5.32 Å². The van der Waals surface area contributed by atoms with Gasteiger partial charge in [-0.3, -0.25) is 10.1 Å². The molecule has 0 unspecified atom stereocenters. The van der Waals surface area contributed by atoms with Crippen LogP contribution in [0.2, 0.25) is 0 Å². The van der Waals surface area contributed by atoms with Crippen molar-refractivity contribution in [1.82, 2.24) is 0 Å². The summed E-state index contributed by atoms with van der Waals surface area (Å²) in [6.07, 6.45) is 0. The maximum Gasteiger partial charge on any atom is 0.274 e. The summed E-state index contributed by atoms with van der Waals surface area (Å²) in [6.45, 7) is 5.27. The number of aliphatic hydroxyl groups is 1. The van der Waals surface area contributed by atoms with Crippen molar-refractivity contribution in [3.63, 3.8) is 0 Å². The van der Waals surface area contributed by atoms with Crippen molar-refractivity contribution in [2.75, 3.05) is 31.7 Å². The zero-order valence-corrected chi connectivity index (χ0v) is 11.1. The molecule has 1 aliphatic heterocycles. The highest BCUT2D eigenvalue weighted by Crippen LogP contribution is 2.32. The highest BCUT2D eigenvalue weighted by Gasteiger charge is 2.38. The zero-order valence-electron chi connectivity index (χ0n) is 11.1. The van der Waals surface area contributed by atoms with Crippen LogP contribution in [-0.2, 0) is 4.74 Å². The lowest BCUT2D eigenvalue weighted by Crippen LogP contribution is -2.50. The Kier molecular flexibility index (Phi) is 3.73. The molecule has 6 heteroatoms. The van der Waals surface area contributed by atoms with Gasteiger partial charge in [0.1, 0.15) is 0 Å². The first-order valence-corrected chi connectivity index (χ1v) is 6.16. The molecule has 1 aliphatic rings. The summed E-state index contributed by atoms with van der Waals surface area (Å²) < 4.78 is 5.13. The van der Waals surface area contributed by atoms with Gasteiger partial charge in [-0.15, -0.1) is 0 Å². The number of nitro groups is 1. The molecule has 0 aliphatic carbocycles. The Hall–Kier alpha value is -1.66. The van der Waals surface area contributed by atoms with E-state index in [1.165, 1.54) is 6.07 Å². The Morgan fingerprint density at radius 2 is 2.16 bits per heavy atom. The second kappa shape index (κ2) is 5.14. The molecule has 1 aromatic carbocycles. The van der Waals surface area contributed by atoms with Crippen LogP contribution in [0.3, 0.4) is 0 Å². The average Bonchev–Trinajstić information content (AvgIpc) is 2.31. The summed E-state index contributed by atoms with van der Waals surface area (Å²) in [6, 6.07) is 3.25. The number of anilines is 1. The fourth-order valence-corrected chi connectivity index (χ4v) is 2.22. The molecule has 1 aromatic rings. The first-order chi connectivity index (χ1) is 8.99. The number of nitrogens with zero attached hydrogens (tertiary/aromatic N) is 1. The van der Waals surface area contributed by atoms with Crippen LogP contribution in [0.1, 0.15) is 11.1 Å². The lowest BCUT2D eigenvalue weighted by Gasteiger charge is -2.40. The molecule has 0 bridgehead atoms. The third kappa shape index (κ3) is 2.54. The Bertz CT molecular complexity index is 492. The van der Waals surface area contributed by atoms with E-state index in [0.29, 0.717) is 25.3 Å². The number of benzene rings is 1. The summed E-state index contributed by atoms with van der Waals surface area (Å²) in [5.74, 6) is 0. The largest absolute Gasteiger partial charge is 0.396 e. The maximum absolute atomic E-state index is 10.9. The number of aliphatic hydroxyl groups excluding tert-OH is 1. The van der Waals surface area contributed by atoms with Crippen LogP contribution in [0.15, 0.2) is 12.1 Å². The van der Waals surface area contributed by atoms with Gasteiger partial charge >= 0.3 is 0 Å². The molecule has 0 atom stereocenters.